The van der Waals surface area contributed by atoms with Gasteiger partial charge in [0.1, 0.15) is 24.2 Å². The molecule has 2 aromatic carbocycles. The van der Waals surface area contributed by atoms with Crippen LogP contribution in [0.3, 0.4) is 0 Å². The molecule has 2 N–H and O–H groups in total. The standard InChI is InChI=1S/C27H24N4O3S/c1-33-17-24(32)29-19-10-12-20(13-11-19)31-26(25(30-27(31)35)21-9-5-6-16-28-21)23-15-14-22(34-23)18-7-3-2-4-8-18/h2-16,25-26H,17H2,1H3,(H,29,32)(H,30,35)/t25-,26-/m1/s1. The fraction of sp³-hybridized carbons (Fsp3) is 0.148. The Labute approximate surface area is 208 Å². The number of anilines is 2. The van der Waals surface area contributed by atoms with Crippen LogP contribution in [0, 0.1) is 0 Å². The zero-order valence-electron chi connectivity index (χ0n) is 19.0. The molecule has 1 aliphatic heterocycles. The van der Waals surface area contributed by atoms with E-state index in [0.717, 1.165) is 28.5 Å². The fourth-order valence-corrected chi connectivity index (χ4v) is 4.57. The van der Waals surface area contributed by atoms with Crippen LogP contribution in [0.4, 0.5) is 11.4 Å². The van der Waals surface area contributed by atoms with E-state index >= 15 is 0 Å². The molecular formula is C27H24N4O3S. The van der Waals surface area contributed by atoms with Crippen molar-refractivity contribution in [3.63, 3.8) is 0 Å². The lowest BCUT2D eigenvalue weighted by Gasteiger charge is -2.26. The number of thiocarbonyl (C=S) groups is 1. The molecule has 35 heavy (non-hydrogen) atoms. The van der Waals surface area contributed by atoms with Crippen LogP contribution in [-0.4, -0.2) is 29.7 Å². The van der Waals surface area contributed by atoms with Gasteiger partial charge >= 0.3 is 0 Å². The number of methoxy groups -OCH3 is 1. The molecule has 1 saturated heterocycles. The molecule has 0 aliphatic carbocycles. The van der Waals surface area contributed by atoms with Crippen LogP contribution < -0.4 is 15.5 Å². The number of furan rings is 1. The van der Waals surface area contributed by atoms with E-state index in [1.807, 2.05) is 89.8 Å². The van der Waals surface area contributed by atoms with Gasteiger partial charge in [0.2, 0.25) is 5.91 Å². The SMILES string of the molecule is COCC(=O)Nc1ccc(N2C(=S)N[C@H](c3ccccn3)[C@H]2c2ccc(-c3ccccc3)o2)cc1. The van der Waals surface area contributed by atoms with Crippen LogP contribution in [0.25, 0.3) is 11.3 Å². The molecule has 176 valence electrons. The van der Waals surface area contributed by atoms with Gasteiger partial charge in [-0.25, -0.2) is 0 Å². The molecule has 0 saturated carbocycles. The number of rotatable bonds is 7. The number of carbonyl (C=O) groups is 1. The van der Waals surface area contributed by atoms with Crippen LogP contribution in [0.2, 0.25) is 0 Å². The molecule has 2 atom stereocenters. The molecule has 5 rings (SSSR count). The number of carbonyl (C=O) groups excluding carboxylic acids is 1. The first-order valence-electron chi connectivity index (χ1n) is 11.2. The van der Waals surface area contributed by atoms with Crippen LogP contribution in [0.1, 0.15) is 23.5 Å². The smallest absolute Gasteiger partial charge is 0.250 e. The molecule has 7 nitrogen and oxygen atoms in total. The number of amides is 1. The van der Waals surface area contributed by atoms with Crippen LogP contribution in [0.15, 0.2) is 95.5 Å². The maximum atomic E-state index is 11.9. The van der Waals surface area contributed by atoms with Gasteiger partial charge in [-0.15, -0.1) is 0 Å². The Hall–Kier alpha value is -4.01. The molecule has 8 heteroatoms. The van der Waals surface area contributed by atoms with E-state index in [1.54, 1.807) is 6.20 Å². The number of nitrogens with zero attached hydrogens (tertiary/aromatic N) is 2. The molecule has 2 aromatic heterocycles. The Morgan fingerprint density at radius 2 is 1.83 bits per heavy atom. The summed E-state index contributed by atoms with van der Waals surface area (Å²) < 4.78 is 11.3. The average Bonchev–Trinajstić information content (AvgIpc) is 3.50. The third-order valence-electron chi connectivity index (χ3n) is 5.78. The average molecular weight is 485 g/mol. The molecule has 0 spiro atoms. The van der Waals surface area contributed by atoms with Crippen LogP contribution in [0.5, 0.6) is 0 Å². The lowest BCUT2D eigenvalue weighted by molar-refractivity contribution is -0.119. The van der Waals surface area contributed by atoms with Crippen molar-refractivity contribution in [2.45, 2.75) is 12.1 Å². The number of aromatic nitrogens is 1. The summed E-state index contributed by atoms with van der Waals surface area (Å²) in [7, 11) is 1.49. The van der Waals surface area contributed by atoms with E-state index in [4.69, 9.17) is 21.4 Å². The summed E-state index contributed by atoms with van der Waals surface area (Å²) >= 11 is 5.77. The van der Waals surface area contributed by atoms with Crippen molar-refractivity contribution in [3.05, 3.63) is 103 Å². The number of hydrogen-bond acceptors (Lipinski definition) is 5. The van der Waals surface area contributed by atoms with E-state index in [1.165, 1.54) is 7.11 Å². The van der Waals surface area contributed by atoms with Crippen LogP contribution in [-0.2, 0) is 9.53 Å². The van der Waals surface area contributed by atoms with E-state index < -0.39 is 0 Å². The van der Waals surface area contributed by atoms with Crippen molar-refractivity contribution in [1.29, 1.82) is 0 Å². The summed E-state index contributed by atoms with van der Waals surface area (Å²) in [5.74, 6) is 1.34. The van der Waals surface area contributed by atoms with Gasteiger partial charge < -0.3 is 24.7 Å². The lowest BCUT2D eigenvalue weighted by atomic mass is 10.0. The van der Waals surface area contributed by atoms with Gasteiger partial charge in [-0.3, -0.25) is 9.78 Å². The van der Waals surface area contributed by atoms with E-state index in [2.05, 4.69) is 15.6 Å². The summed E-state index contributed by atoms with van der Waals surface area (Å²) in [6.45, 7) is -0.00203. The third kappa shape index (κ3) is 4.80. The molecule has 1 amide bonds. The number of nitrogens with one attached hydrogen (secondary N) is 2. The molecule has 0 unspecified atom stereocenters. The maximum absolute atomic E-state index is 11.9. The number of ether oxygens (including phenoxy) is 1. The normalized spacial score (nSPS) is 17.3. The van der Waals surface area contributed by atoms with E-state index in [9.17, 15) is 4.79 Å². The highest BCUT2D eigenvalue weighted by Crippen LogP contribution is 2.43. The fourth-order valence-electron chi connectivity index (χ4n) is 4.22. The lowest BCUT2D eigenvalue weighted by Crippen LogP contribution is -2.29. The topological polar surface area (TPSA) is 79.6 Å². The van der Waals surface area contributed by atoms with Crippen molar-refractivity contribution < 1.29 is 13.9 Å². The Kier molecular flexibility index (Phi) is 6.56. The van der Waals surface area contributed by atoms with Crippen molar-refractivity contribution >= 4 is 34.6 Å². The van der Waals surface area contributed by atoms with Gasteiger partial charge in [-0.05, 0) is 60.7 Å². The largest absolute Gasteiger partial charge is 0.459 e. The summed E-state index contributed by atoms with van der Waals surface area (Å²) in [4.78, 5) is 18.5. The summed E-state index contributed by atoms with van der Waals surface area (Å²) in [6.07, 6.45) is 1.77. The van der Waals surface area contributed by atoms with E-state index in [0.29, 0.717) is 10.8 Å². The molecule has 3 heterocycles. The Morgan fingerprint density at radius 1 is 1.06 bits per heavy atom. The summed E-state index contributed by atoms with van der Waals surface area (Å²) in [5, 5.41) is 6.81. The minimum Gasteiger partial charge on any atom is -0.459 e. The zero-order chi connectivity index (χ0) is 24.2. The van der Waals surface area contributed by atoms with Gasteiger partial charge in [-0.1, -0.05) is 36.4 Å². The Bertz CT molecular complexity index is 1310. The second kappa shape index (κ2) is 10.1. The first-order valence-corrected chi connectivity index (χ1v) is 11.6. The van der Waals surface area contributed by atoms with Crippen molar-refractivity contribution in [2.75, 3.05) is 23.9 Å². The molecular weight excluding hydrogens is 460 g/mol. The summed E-state index contributed by atoms with van der Waals surface area (Å²) in [5.41, 5.74) is 3.41. The molecule has 1 aliphatic rings. The van der Waals surface area contributed by atoms with Gasteiger partial charge in [-0.2, -0.15) is 0 Å². The predicted molar refractivity (Wildman–Crippen MR) is 139 cm³/mol. The molecule has 0 bridgehead atoms. The first kappa shape index (κ1) is 22.8. The number of benzene rings is 2. The number of pyridine rings is 1. The van der Waals surface area contributed by atoms with Gasteiger partial charge in [0.05, 0.1) is 11.7 Å². The quantitative estimate of drug-likeness (QED) is 0.353. The highest BCUT2D eigenvalue weighted by molar-refractivity contribution is 7.80. The molecule has 4 aromatic rings. The molecule has 0 radical (unpaired) electrons. The Balaban J connectivity index is 1.50. The third-order valence-corrected chi connectivity index (χ3v) is 6.09. The second-order valence-corrected chi connectivity index (χ2v) is 8.48. The van der Waals surface area contributed by atoms with Crippen molar-refractivity contribution in [3.8, 4) is 11.3 Å². The van der Waals surface area contributed by atoms with Crippen molar-refractivity contribution in [2.24, 2.45) is 0 Å². The minimum atomic E-state index is -0.260. The first-order chi connectivity index (χ1) is 17.1. The van der Waals surface area contributed by atoms with Crippen molar-refractivity contribution in [1.82, 2.24) is 10.3 Å². The minimum absolute atomic E-state index is 0.00203. The predicted octanol–water partition coefficient (Wildman–Crippen LogP) is 5.10. The van der Waals surface area contributed by atoms with E-state index in [-0.39, 0.29) is 24.6 Å². The second-order valence-electron chi connectivity index (χ2n) is 8.09. The highest BCUT2D eigenvalue weighted by atomic mass is 32.1. The van der Waals surface area contributed by atoms with Gasteiger partial charge in [0.15, 0.2) is 5.11 Å². The number of hydrogen-bond donors (Lipinski definition) is 2. The molecule has 1 fully saturated rings. The van der Waals surface area contributed by atoms with Gasteiger partial charge in [0.25, 0.3) is 0 Å². The highest BCUT2D eigenvalue weighted by Gasteiger charge is 2.42. The zero-order valence-corrected chi connectivity index (χ0v) is 19.9. The van der Waals surface area contributed by atoms with Crippen LogP contribution >= 0.6 is 12.2 Å². The summed E-state index contributed by atoms with van der Waals surface area (Å²) in [6, 6.07) is 26.8. The maximum Gasteiger partial charge on any atom is 0.250 e. The monoisotopic (exact) mass is 484 g/mol. The van der Waals surface area contributed by atoms with Gasteiger partial charge in [0, 0.05) is 30.2 Å². The Morgan fingerprint density at radius 3 is 2.54 bits per heavy atom.